The number of hydrogen-bond acceptors (Lipinski definition) is 1. The molecular formula is C15H21N2+. The molecule has 0 aromatic heterocycles. The van der Waals surface area contributed by atoms with Gasteiger partial charge in [0.15, 0.2) is 0 Å². The molecule has 4 N–H and O–H groups in total. The molecule has 0 amide bonds. The van der Waals surface area contributed by atoms with Crippen LogP contribution < -0.4 is 6.15 Å². The molecular weight excluding hydrogens is 208 g/mol. The molecule has 0 saturated carbocycles. The van der Waals surface area contributed by atoms with E-state index in [9.17, 15) is 0 Å². The summed E-state index contributed by atoms with van der Waals surface area (Å²) in [5, 5.41) is 7.51. The van der Waals surface area contributed by atoms with E-state index >= 15 is 0 Å². The highest BCUT2D eigenvalue weighted by molar-refractivity contribution is 5.45. The van der Waals surface area contributed by atoms with Gasteiger partial charge in [0.25, 0.3) is 0 Å². The Hall–Kier alpha value is -2.37. The van der Waals surface area contributed by atoms with Gasteiger partial charge in [0.05, 0.1) is 6.07 Å². The van der Waals surface area contributed by atoms with Gasteiger partial charge in [-0.15, -0.1) is 0 Å². The number of quaternary nitrogens is 1. The number of nitrogens with zero attached hydrogens (tertiary/aromatic N) is 1. The lowest BCUT2D eigenvalue weighted by atomic mass is 10.2. The van der Waals surface area contributed by atoms with Crippen molar-refractivity contribution < 1.29 is 0 Å². The van der Waals surface area contributed by atoms with Gasteiger partial charge in [-0.3, -0.25) is 0 Å². The molecule has 0 spiro atoms. The van der Waals surface area contributed by atoms with Crippen LogP contribution in [0.25, 0.3) is 6.08 Å². The van der Waals surface area contributed by atoms with E-state index in [2.05, 4.69) is 26.3 Å². The van der Waals surface area contributed by atoms with Crippen LogP contribution in [0.1, 0.15) is 5.56 Å². The fourth-order valence-electron chi connectivity index (χ4n) is 0.589. The van der Waals surface area contributed by atoms with Crippen molar-refractivity contribution in [3.63, 3.8) is 0 Å². The summed E-state index contributed by atoms with van der Waals surface area (Å²) in [5.74, 6) is 0. The first-order valence-electron chi connectivity index (χ1n) is 4.68. The molecule has 0 saturated heterocycles. The molecule has 2 nitrogen and oxygen atoms in total. The zero-order valence-electron chi connectivity index (χ0n) is 10.5. The summed E-state index contributed by atoms with van der Waals surface area (Å²) in [6, 6.07) is 11.7. The van der Waals surface area contributed by atoms with Crippen molar-refractivity contribution in [2.45, 2.75) is 0 Å². The van der Waals surface area contributed by atoms with Gasteiger partial charge < -0.3 is 6.15 Å². The molecule has 1 rings (SSSR count). The number of allylic oxidation sites excluding steroid dienone is 3. The van der Waals surface area contributed by atoms with Crippen LogP contribution in [0.15, 0.2) is 74.9 Å². The van der Waals surface area contributed by atoms with E-state index in [0.29, 0.717) is 0 Å². The highest BCUT2D eigenvalue weighted by Gasteiger charge is 1.75. The maximum Gasteiger partial charge on any atom is 0.0905 e. The summed E-state index contributed by atoms with van der Waals surface area (Å²) in [5.41, 5.74) is 1.17. The number of hydrogen-bond donors (Lipinski definition) is 1. The average molecular weight is 229 g/mol. The lowest BCUT2D eigenvalue weighted by molar-refractivity contribution is 1.54. The average Bonchev–Trinajstić information content (AvgIpc) is 2.40. The second-order valence-corrected chi connectivity index (χ2v) is 2.42. The minimum absolute atomic E-state index is 0. The number of rotatable bonds is 2. The van der Waals surface area contributed by atoms with E-state index in [1.807, 2.05) is 36.4 Å². The highest BCUT2D eigenvalue weighted by Crippen LogP contribution is 1.97. The largest absolute Gasteiger partial charge is 0.369 e. The first-order valence-corrected chi connectivity index (χ1v) is 4.68. The van der Waals surface area contributed by atoms with Crippen molar-refractivity contribution in [2.75, 3.05) is 0 Å². The highest BCUT2D eigenvalue weighted by atomic mass is 14.2. The van der Waals surface area contributed by atoms with Crippen LogP contribution in [0.5, 0.6) is 0 Å². The van der Waals surface area contributed by atoms with Crippen LogP contribution in [0.4, 0.5) is 0 Å². The van der Waals surface area contributed by atoms with Gasteiger partial charge in [0, 0.05) is 6.08 Å². The fraction of sp³-hybridized carbons (Fsp3) is 0. The predicted molar refractivity (Wildman–Crippen MR) is 78.7 cm³/mol. The quantitative estimate of drug-likeness (QED) is 0.576. The van der Waals surface area contributed by atoms with Crippen LogP contribution in [0.2, 0.25) is 0 Å². The molecule has 0 atom stereocenters. The van der Waals surface area contributed by atoms with Crippen molar-refractivity contribution in [3.05, 3.63) is 80.4 Å². The third kappa shape index (κ3) is 19.9. The van der Waals surface area contributed by atoms with E-state index in [0.717, 1.165) is 0 Å². The number of nitriles is 1. The molecule has 0 radical (unpaired) electrons. The lowest BCUT2D eigenvalue weighted by Crippen LogP contribution is -1.63. The van der Waals surface area contributed by atoms with Crippen LogP contribution in [-0.2, 0) is 0 Å². The number of benzene rings is 1. The normalized spacial score (nSPS) is 6.06. The summed E-state index contributed by atoms with van der Waals surface area (Å²) in [6.07, 6.45) is 6.29. The Kier molecular flexibility index (Phi) is 22.7. The van der Waals surface area contributed by atoms with Crippen molar-refractivity contribution >= 4 is 6.08 Å². The van der Waals surface area contributed by atoms with Gasteiger partial charge in [-0.1, -0.05) is 74.9 Å². The molecule has 1 aromatic carbocycles. The van der Waals surface area contributed by atoms with Gasteiger partial charge in [-0.05, 0) is 5.56 Å². The van der Waals surface area contributed by atoms with Gasteiger partial charge in [-0.25, -0.2) is 0 Å². The third-order valence-corrected chi connectivity index (χ3v) is 1.29. The van der Waals surface area contributed by atoms with E-state index in [1.54, 1.807) is 18.2 Å². The summed E-state index contributed by atoms with van der Waals surface area (Å²) < 4.78 is 0. The Balaban J connectivity index is -0.000000189. The summed E-state index contributed by atoms with van der Waals surface area (Å²) >= 11 is 0. The van der Waals surface area contributed by atoms with Crippen LogP contribution in [0.3, 0.4) is 0 Å². The van der Waals surface area contributed by atoms with E-state index in [4.69, 9.17) is 5.26 Å². The van der Waals surface area contributed by atoms with Crippen LogP contribution >= 0.6 is 0 Å². The Bertz CT molecular complexity index is 339. The molecule has 0 unspecified atom stereocenters. The second kappa shape index (κ2) is 19.2. The molecule has 2 heteroatoms. The van der Waals surface area contributed by atoms with Crippen molar-refractivity contribution in [3.8, 4) is 6.07 Å². The summed E-state index contributed by atoms with van der Waals surface area (Å²) in [7, 11) is 0. The molecule has 90 valence electrons. The Morgan fingerprint density at radius 3 is 1.53 bits per heavy atom. The van der Waals surface area contributed by atoms with Crippen LogP contribution in [0, 0.1) is 11.3 Å². The van der Waals surface area contributed by atoms with Gasteiger partial charge in [0.1, 0.15) is 0 Å². The topological polar surface area (TPSA) is 60.3 Å². The first-order chi connectivity index (χ1) is 7.76. The standard InChI is InChI=1S/C8H8.C4H6.C3H3N.H3N/c1-2-8-6-4-3-5-7-8;1-3-4-2;1-2-3-4;/h2-7H,1H2;3-4H,1-2H2;2H,1H2;1H3/p+1. The fourth-order valence-corrected chi connectivity index (χ4v) is 0.589. The van der Waals surface area contributed by atoms with E-state index in [-0.39, 0.29) is 6.15 Å². The Labute approximate surface area is 104 Å². The lowest BCUT2D eigenvalue weighted by Gasteiger charge is -1.85. The van der Waals surface area contributed by atoms with Gasteiger partial charge in [0.2, 0.25) is 0 Å². The zero-order valence-corrected chi connectivity index (χ0v) is 10.5. The molecule has 17 heavy (non-hydrogen) atoms. The zero-order chi connectivity index (χ0) is 12.6. The minimum atomic E-state index is 0. The van der Waals surface area contributed by atoms with Crippen LogP contribution in [-0.4, -0.2) is 0 Å². The smallest absolute Gasteiger partial charge is 0.0905 e. The van der Waals surface area contributed by atoms with Crippen molar-refractivity contribution in [1.29, 1.82) is 5.26 Å². The molecule has 0 bridgehead atoms. The third-order valence-electron chi connectivity index (χ3n) is 1.29. The first kappa shape index (κ1) is 20.1. The minimum Gasteiger partial charge on any atom is -0.369 e. The SMILES string of the molecule is C=CC#N.C=CC=C.C=Cc1ccccc1.[NH4+]. The molecule has 0 aliphatic rings. The maximum absolute atomic E-state index is 7.51. The molecule has 0 aliphatic heterocycles. The molecule has 0 fully saturated rings. The van der Waals surface area contributed by atoms with Gasteiger partial charge >= 0.3 is 0 Å². The molecule has 0 heterocycles. The summed E-state index contributed by atoms with van der Waals surface area (Å²) in [6.45, 7) is 13.5. The second-order valence-electron chi connectivity index (χ2n) is 2.42. The van der Waals surface area contributed by atoms with Crippen molar-refractivity contribution in [2.24, 2.45) is 0 Å². The van der Waals surface area contributed by atoms with Gasteiger partial charge in [-0.2, -0.15) is 5.26 Å². The maximum atomic E-state index is 7.51. The van der Waals surface area contributed by atoms with Crippen molar-refractivity contribution in [1.82, 2.24) is 6.15 Å². The monoisotopic (exact) mass is 229 g/mol. The summed E-state index contributed by atoms with van der Waals surface area (Å²) in [4.78, 5) is 0. The predicted octanol–water partition coefficient (Wildman–Crippen LogP) is 4.76. The van der Waals surface area contributed by atoms with E-state index < -0.39 is 0 Å². The van der Waals surface area contributed by atoms with E-state index in [1.165, 1.54) is 11.6 Å². The Morgan fingerprint density at radius 2 is 1.35 bits per heavy atom. The Morgan fingerprint density at radius 1 is 0.941 bits per heavy atom. The molecule has 1 aromatic rings. The molecule has 0 aliphatic carbocycles.